The topological polar surface area (TPSA) is 70.0 Å². The molecule has 5 nitrogen and oxygen atoms in total. The molecule has 0 saturated carbocycles. The van der Waals surface area contributed by atoms with Crippen LogP contribution < -0.4 is 4.90 Å². The molecule has 0 aromatic heterocycles. The van der Waals surface area contributed by atoms with E-state index >= 15 is 0 Å². The van der Waals surface area contributed by atoms with Crippen LogP contribution in [0, 0.1) is 6.92 Å². The Bertz CT molecular complexity index is 565. The van der Waals surface area contributed by atoms with Crippen molar-refractivity contribution in [3.8, 4) is 0 Å². The summed E-state index contributed by atoms with van der Waals surface area (Å²) in [7, 11) is 1.70. The van der Waals surface area contributed by atoms with Gasteiger partial charge in [-0.15, -0.1) is 0 Å². The number of benzene rings is 1. The molecule has 0 saturated heterocycles. The van der Waals surface area contributed by atoms with Crippen LogP contribution in [0.4, 0.5) is 5.69 Å². The van der Waals surface area contributed by atoms with Crippen molar-refractivity contribution in [2.45, 2.75) is 26.4 Å². The summed E-state index contributed by atoms with van der Waals surface area (Å²) in [6.07, 6.45) is -1.12. The van der Waals surface area contributed by atoms with Gasteiger partial charge >= 0.3 is 5.97 Å². The van der Waals surface area contributed by atoms with Gasteiger partial charge in [-0.25, -0.2) is 0 Å². The maximum atomic E-state index is 11.6. The molecule has 0 bridgehead atoms. The molecular formula is C15H19NO4. The standard InChI is InChI=1S/C15H19NO4/c1-4-20-13(17)8-11-14(18)10-6-5-9(2)7-12(10)16(3)15(11)19/h5-7,14,18-19H,4,8H2,1-3H3. The summed E-state index contributed by atoms with van der Waals surface area (Å²) in [6, 6.07) is 5.58. The highest BCUT2D eigenvalue weighted by Crippen LogP contribution is 2.39. The molecule has 0 aliphatic carbocycles. The van der Waals surface area contributed by atoms with E-state index in [4.69, 9.17) is 4.74 Å². The van der Waals surface area contributed by atoms with E-state index in [1.807, 2.05) is 25.1 Å². The monoisotopic (exact) mass is 277 g/mol. The van der Waals surface area contributed by atoms with Gasteiger partial charge in [-0.05, 0) is 25.5 Å². The number of esters is 1. The molecule has 1 aromatic carbocycles. The number of hydrogen-bond acceptors (Lipinski definition) is 5. The molecule has 1 unspecified atom stereocenters. The number of hydrogen-bond donors (Lipinski definition) is 2. The normalized spacial score (nSPS) is 18.0. The van der Waals surface area contributed by atoms with Gasteiger partial charge in [0.15, 0.2) is 5.88 Å². The van der Waals surface area contributed by atoms with Crippen LogP contribution in [-0.2, 0) is 9.53 Å². The predicted molar refractivity (Wildman–Crippen MR) is 75.4 cm³/mol. The molecule has 2 N–H and O–H groups in total. The molecule has 0 fully saturated rings. The van der Waals surface area contributed by atoms with Gasteiger partial charge in [-0.2, -0.15) is 0 Å². The Kier molecular flexibility index (Phi) is 3.99. The van der Waals surface area contributed by atoms with Crippen LogP contribution >= 0.6 is 0 Å². The van der Waals surface area contributed by atoms with Gasteiger partial charge in [0.2, 0.25) is 0 Å². The number of aliphatic hydroxyl groups is 2. The molecule has 108 valence electrons. The van der Waals surface area contributed by atoms with Gasteiger partial charge < -0.3 is 19.8 Å². The van der Waals surface area contributed by atoms with E-state index in [1.165, 1.54) is 0 Å². The summed E-state index contributed by atoms with van der Waals surface area (Å²) < 4.78 is 4.87. The van der Waals surface area contributed by atoms with Gasteiger partial charge in [0.25, 0.3) is 0 Å². The van der Waals surface area contributed by atoms with Gasteiger partial charge in [0.1, 0.15) is 6.10 Å². The summed E-state index contributed by atoms with van der Waals surface area (Å²) in [4.78, 5) is 13.2. The molecule has 1 aliphatic rings. The third-order valence-electron chi connectivity index (χ3n) is 3.42. The number of aliphatic hydroxyl groups excluding tert-OH is 2. The minimum absolute atomic E-state index is 0.0938. The highest BCUT2D eigenvalue weighted by Gasteiger charge is 2.31. The lowest BCUT2D eigenvalue weighted by molar-refractivity contribution is -0.142. The summed E-state index contributed by atoms with van der Waals surface area (Å²) >= 11 is 0. The first kappa shape index (κ1) is 14.4. The van der Waals surface area contributed by atoms with Crippen molar-refractivity contribution >= 4 is 11.7 Å². The zero-order valence-corrected chi connectivity index (χ0v) is 11.9. The Balaban J connectivity index is 2.37. The third kappa shape index (κ3) is 2.49. The van der Waals surface area contributed by atoms with Crippen molar-refractivity contribution in [3.05, 3.63) is 40.8 Å². The van der Waals surface area contributed by atoms with Crippen molar-refractivity contribution in [3.63, 3.8) is 0 Å². The first-order chi connectivity index (χ1) is 9.45. The number of carbonyl (C=O) groups excluding carboxylic acids is 1. The summed E-state index contributed by atoms with van der Waals surface area (Å²) in [6.45, 7) is 3.93. The second-order valence-electron chi connectivity index (χ2n) is 4.85. The number of ether oxygens (including phenoxy) is 1. The van der Waals surface area contributed by atoms with Crippen LogP contribution in [0.1, 0.15) is 30.6 Å². The quantitative estimate of drug-likeness (QED) is 0.829. The average Bonchev–Trinajstić information content (AvgIpc) is 2.41. The van der Waals surface area contributed by atoms with Gasteiger partial charge in [-0.3, -0.25) is 4.79 Å². The third-order valence-corrected chi connectivity index (χ3v) is 3.42. The molecular weight excluding hydrogens is 258 g/mol. The number of carbonyl (C=O) groups is 1. The van der Waals surface area contributed by atoms with Crippen molar-refractivity contribution in [2.24, 2.45) is 0 Å². The number of nitrogens with zero attached hydrogens (tertiary/aromatic N) is 1. The summed E-state index contributed by atoms with van der Waals surface area (Å²) in [5.74, 6) is -0.555. The largest absolute Gasteiger partial charge is 0.494 e. The van der Waals surface area contributed by atoms with E-state index in [9.17, 15) is 15.0 Å². The fourth-order valence-corrected chi connectivity index (χ4v) is 2.36. The van der Waals surface area contributed by atoms with E-state index in [-0.39, 0.29) is 24.5 Å². The van der Waals surface area contributed by atoms with Crippen molar-refractivity contribution in [1.82, 2.24) is 0 Å². The number of rotatable bonds is 3. The van der Waals surface area contributed by atoms with E-state index in [2.05, 4.69) is 0 Å². The van der Waals surface area contributed by atoms with Crippen LogP contribution in [0.3, 0.4) is 0 Å². The lowest BCUT2D eigenvalue weighted by Gasteiger charge is -2.32. The summed E-state index contributed by atoms with van der Waals surface area (Å²) in [5.41, 5.74) is 2.71. The molecule has 0 radical (unpaired) electrons. The fourth-order valence-electron chi connectivity index (χ4n) is 2.36. The zero-order chi connectivity index (χ0) is 14.9. The summed E-state index contributed by atoms with van der Waals surface area (Å²) in [5, 5.41) is 20.6. The van der Waals surface area contributed by atoms with E-state index in [1.54, 1.807) is 18.9 Å². The maximum absolute atomic E-state index is 11.6. The molecule has 0 spiro atoms. The number of aryl methyl sites for hydroxylation is 1. The number of fused-ring (bicyclic) bond motifs is 1. The molecule has 5 heteroatoms. The lowest BCUT2D eigenvalue weighted by Crippen LogP contribution is -2.28. The van der Waals surface area contributed by atoms with Crippen LogP contribution in [0.2, 0.25) is 0 Å². The minimum Gasteiger partial charge on any atom is -0.494 e. The van der Waals surface area contributed by atoms with E-state index < -0.39 is 12.1 Å². The lowest BCUT2D eigenvalue weighted by atomic mass is 9.93. The second-order valence-corrected chi connectivity index (χ2v) is 4.85. The van der Waals surface area contributed by atoms with Crippen molar-refractivity contribution in [1.29, 1.82) is 0 Å². The van der Waals surface area contributed by atoms with E-state index in [0.717, 1.165) is 11.3 Å². The maximum Gasteiger partial charge on any atom is 0.310 e. The average molecular weight is 277 g/mol. The van der Waals surface area contributed by atoms with E-state index in [0.29, 0.717) is 5.56 Å². The first-order valence-corrected chi connectivity index (χ1v) is 6.55. The van der Waals surface area contributed by atoms with Gasteiger partial charge in [-0.1, -0.05) is 12.1 Å². The molecule has 1 atom stereocenters. The smallest absolute Gasteiger partial charge is 0.310 e. The highest BCUT2D eigenvalue weighted by atomic mass is 16.5. The predicted octanol–water partition coefficient (Wildman–Crippen LogP) is 2.20. The van der Waals surface area contributed by atoms with Crippen LogP contribution in [0.25, 0.3) is 0 Å². The van der Waals surface area contributed by atoms with Crippen molar-refractivity contribution in [2.75, 3.05) is 18.6 Å². The number of anilines is 1. The molecule has 20 heavy (non-hydrogen) atoms. The van der Waals surface area contributed by atoms with Gasteiger partial charge in [0, 0.05) is 23.9 Å². The first-order valence-electron chi connectivity index (χ1n) is 6.55. The van der Waals surface area contributed by atoms with Crippen molar-refractivity contribution < 1.29 is 19.7 Å². The molecule has 1 aromatic rings. The van der Waals surface area contributed by atoms with Gasteiger partial charge in [0.05, 0.1) is 13.0 Å². The Labute approximate surface area is 118 Å². The Morgan fingerprint density at radius 1 is 1.45 bits per heavy atom. The Morgan fingerprint density at radius 3 is 2.80 bits per heavy atom. The fraction of sp³-hybridized carbons (Fsp3) is 0.400. The molecule has 1 aliphatic heterocycles. The SMILES string of the molecule is CCOC(=O)CC1=C(O)N(C)c2cc(C)ccc2C1O. The zero-order valence-electron chi connectivity index (χ0n) is 11.9. The van der Waals surface area contributed by atoms with Crippen LogP contribution in [0.15, 0.2) is 29.7 Å². The molecule has 0 amide bonds. The minimum atomic E-state index is -0.994. The Hall–Kier alpha value is -2.01. The molecule has 2 rings (SSSR count). The van der Waals surface area contributed by atoms with Crippen LogP contribution in [0.5, 0.6) is 0 Å². The Morgan fingerprint density at radius 2 is 2.15 bits per heavy atom. The highest BCUT2D eigenvalue weighted by molar-refractivity contribution is 5.75. The second kappa shape index (κ2) is 5.54. The molecule has 1 heterocycles. The van der Waals surface area contributed by atoms with Crippen LogP contribution in [-0.4, -0.2) is 29.8 Å².